The molecule has 6 heteroatoms. The maximum atomic E-state index is 11.8. The molecule has 0 unspecified atom stereocenters. The van der Waals surface area contributed by atoms with E-state index in [4.69, 9.17) is 5.11 Å². The fourth-order valence-electron chi connectivity index (χ4n) is 1.65. The van der Waals surface area contributed by atoms with Crippen molar-refractivity contribution in [1.82, 2.24) is 9.13 Å². The Morgan fingerprint density at radius 2 is 2.12 bits per heavy atom. The summed E-state index contributed by atoms with van der Waals surface area (Å²) in [6.07, 6.45) is 3.38. The lowest BCUT2D eigenvalue weighted by Crippen LogP contribution is -2.24. The monoisotopic (exact) mass is 252 g/mol. The van der Waals surface area contributed by atoms with Crippen LogP contribution in [0.3, 0.4) is 0 Å². The zero-order valence-corrected chi connectivity index (χ0v) is 10.1. The number of rotatable bonds is 4. The number of nitrogens with zero attached hydrogens (tertiary/aromatic N) is 2. The van der Waals surface area contributed by atoms with Crippen molar-refractivity contribution >= 4 is 17.3 Å². The standard InChI is InChI=1S/C11H12N2O3S/c1-2-12-4-5-13(11(12)16)7-8-3-6-17-9(8)10(14)15/h3-6H,2,7H2,1H3,(H,14,15). The Morgan fingerprint density at radius 1 is 1.41 bits per heavy atom. The van der Waals surface area contributed by atoms with Gasteiger partial charge in [-0.3, -0.25) is 9.13 Å². The average Bonchev–Trinajstić information content (AvgIpc) is 2.88. The first-order valence-corrected chi connectivity index (χ1v) is 6.06. The van der Waals surface area contributed by atoms with Crippen molar-refractivity contribution in [2.75, 3.05) is 0 Å². The summed E-state index contributed by atoms with van der Waals surface area (Å²) < 4.78 is 3.09. The summed E-state index contributed by atoms with van der Waals surface area (Å²) in [5, 5.41) is 10.7. The predicted octanol–water partition coefficient (Wildman–Crippen LogP) is 1.48. The molecule has 0 radical (unpaired) electrons. The van der Waals surface area contributed by atoms with Crippen LogP contribution in [0.1, 0.15) is 22.2 Å². The zero-order chi connectivity index (χ0) is 12.4. The van der Waals surface area contributed by atoms with E-state index in [0.29, 0.717) is 23.5 Å². The summed E-state index contributed by atoms with van der Waals surface area (Å²) in [4.78, 5) is 23.0. The van der Waals surface area contributed by atoms with Crippen LogP contribution in [0.5, 0.6) is 0 Å². The minimum Gasteiger partial charge on any atom is -0.477 e. The maximum absolute atomic E-state index is 11.8. The third-order valence-electron chi connectivity index (χ3n) is 2.54. The first-order chi connectivity index (χ1) is 8.13. The fraction of sp³-hybridized carbons (Fsp3) is 0.273. The minimum absolute atomic E-state index is 0.116. The van der Waals surface area contributed by atoms with Gasteiger partial charge in [0.1, 0.15) is 4.88 Å². The molecule has 0 aromatic carbocycles. The largest absolute Gasteiger partial charge is 0.477 e. The Hall–Kier alpha value is -1.82. The van der Waals surface area contributed by atoms with Crippen molar-refractivity contribution in [3.05, 3.63) is 44.8 Å². The van der Waals surface area contributed by atoms with Crippen LogP contribution in [0, 0.1) is 0 Å². The summed E-state index contributed by atoms with van der Waals surface area (Å²) in [6, 6.07) is 1.74. The number of carboxylic acid groups (broad SMARTS) is 1. The normalized spacial score (nSPS) is 10.6. The van der Waals surface area contributed by atoms with Crippen LogP contribution >= 0.6 is 11.3 Å². The van der Waals surface area contributed by atoms with Crippen molar-refractivity contribution < 1.29 is 9.90 Å². The fourth-order valence-corrected chi connectivity index (χ4v) is 2.40. The van der Waals surface area contributed by atoms with Gasteiger partial charge in [0.15, 0.2) is 0 Å². The van der Waals surface area contributed by atoms with Crippen molar-refractivity contribution in [1.29, 1.82) is 0 Å². The third-order valence-corrected chi connectivity index (χ3v) is 3.49. The highest BCUT2D eigenvalue weighted by atomic mass is 32.1. The molecular weight excluding hydrogens is 240 g/mol. The molecule has 2 aromatic heterocycles. The second-order valence-corrected chi connectivity index (χ2v) is 4.49. The number of carboxylic acids is 1. The molecule has 0 bridgehead atoms. The number of imidazole rings is 1. The molecule has 2 rings (SSSR count). The smallest absolute Gasteiger partial charge is 0.346 e. The highest BCUT2D eigenvalue weighted by Gasteiger charge is 2.13. The first-order valence-electron chi connectivity index (χ1n) is 5.18. The van der Waals surface area contributed by atoms with Crippen molar-refractivity contribution in [3.63, 3.8) is 0 Å². The molecule has 5 nitrogen and oxygen atoms in total. The molecule has 17 heavy (non-hydrogen) atoms. The highest BCUT2D eigenvalue weighted by molar-refractivity contribution is 7.12. The lowest BCUT2D eigenvalue weighted by atomic mass is 10.2. The summed E-state index contributed by atoms with van der Waals surface area (Å²) in [5.41, 5.74) is 0.550. The molecule has 0 aliphatic rings. The van der Waals surface area contributed by atoms with Gasteiger partial charge < -0.3 is 5.11 Å². The van der Waals surface area contributed by atoms with Crippen LogP contribution in [0.15, 0.2) is 28.6 Å². The van der Waals surface area contributed by atoms with Gasteiger partial charge in [-0.1, -0.05) is 0 Å². The van der Waals surface area contributed by atoms with Crippen molar-refractivity contribution in [2.45, 2.75) is 20.0 Å². The summed E-state index contributed by atoms with van der Waals surface area (Å²) >= 11 is 1.17. The summed E-state index contributed by atoms with van der Waals surface area (Å²) in [7, 11) is 0. The van der Waals surface area contributed by atoms with E-state index in [1.807, 2.05) is 6.92 Å². The molecule has 90 valence electrons. The third kappa shape index (κ3) is 2.16. The van der Waals surface area contributed by atoms with Gasteiger partial charge in [0.25, 0.3) is 0 Å². The van der Waals surface area contributed by atoms with Gasteiger partial charge in [0, 0.05) is 18.9 Å². The van der Waals surface area contributed by atoms with E-state index in [1.54, 1.807) is 28.4 Å². The Morgan fingerprint density at radius 3 is 2.71 bits per heavy atom. The van der Waals surface area contributed by atoms with Gasteiger partial charge in [-0.25, -0.2) is 9.59 Å². The lowest BCUT2D eigenvalue weighted by molar-refractivity contribution is 0.0701. The van der Waals surface area contributed by atoms with Gasteiger partial charge in [0.05, 0.1) is 6.54 Å². The molecule has 2 aromatic rings. The number of aromatic carboxylic acids is 1. The molecule has 0 fully saturated rings. The van der Waals surface area contributed by atoms with Gasteiger partial charge in [-0.05, 0) is 23.9 Å². The number of aromatic nitrogens is 2. The zero-order valence-electron chi connectivity index (χ0n) is 9.29. The number of hydrogen-bond acceptors (Lipinski definition) is 3. The predicted molar refractivity (Wildman–Crippen MR) is 64.7 cm³/mol. The minimum atomic E-state index is -0.946. The number of aryl methyl sites for hydroxylation is 1. The van der Waals surface area contributed by atoms with E-state index in [-0.39, 0.29) is 5.69 Å². The highest BCUT2D eigenvalue weighted by Crippen LogP contribution is 2.17. The Bertz CT molecular complexity index is 594. The molecular formula is C11H12N2O3S. The van der Waals surface area contributed by atoms with Crippen molar-refractivity contribution in [2.24, 2.45) is 0 Å². The Kier molecular flexibility index (Phi) is 3.14. The van der Waals surface area contributed by atoms with Gasteiger partial charge in [-0.15, -0.1) is 11.3 Å². The lowest BCUT2D eigenvalue weighted by Gasteiger charge is -2.01. The van der Waals surface area contributed by atoms with E-state index >= 15 is 0 Å². The van der Waals surface area contributed by atoms with Gasteiger partial charge in [0.2, 0.25) is 0 Å². The summed E-state index contributed by atoms with van der Waals surface area (Å²) in [6.45, 7) is 2.80. The van der Waals surface area contributed by atoms with Crippen LogP contribution in [0.25, 0.3) is 0 Å². The number of hydrogen-bond donors (Lipinski definition) is 1. The molecule has 0 atom stereocenters. The van der Waals surface area contributed by atoms with E-state index in [1.165, 1.54) is 15.9 Å². The molecule has 0 amide bonds. The van der Waals surface area contributed by atoms with E-state index < -0.39 is 5.97 Å². The van der Waals surface area contributed by atoms with Crippen molar-refractivity contribution in [3.8, 4) is 0 Å². The number of carbonyl (C=O) groups is 1. The molecule has 0 aliphatic carbocycles. The SMILES string of the molecule is CCn1ccn(Cc2ccsc2C(=O)O)c1=O. The van der Waals surface area contributed by atoms with Crippen LogP contribution in [-0.2, 0) is 13.1 Å². The topological polar surface area (TPSA) is 64.2 Å². The summed E-state index contributed by atoms with van der Waals surface area (Å²) in [5.74, 6) is -0.946. The molecule has 0 saturated carbocycles. The van der Waals surface area contributed by atoms with E-state index in [0.717, 1.165) is 0 Å². The quantitative estimate of drug-likeness (QED) is 0.896. The first kappa shape index (κ1) is 11.7. The van der Waals surface area contributed by atoms with Crippen LogP contribution < -0.4 is 5.69 Å². The Balaban J connectivity index is 2.32. The van der Waals surface area contributed by atoms with Crippen LogP contribution in [0.2, 0.25) is 0 Å². The Labute approximate surface area is 102 Å². The molecule has 0 spiro atoms. The van der Waals surface area contributed by atoms with Crippen LogP contribution in [-0.4, -0.2) is 20.2 Å². The van der Waals surface area contributed by atoms with E-state index in [9.17, 15) is 9.59 Å². The van der Waals surface area contributed by atoms with E-state index in [2.05, 4.69) is 0 Å². The van der Waals surface area contributed by atoms with Crippen LogP contribution in [0.4, 0.5) is 0 Å². The maximum Gasteiger partial charge on any atom is 0.346 e. The number of thiophene rings is 1. The molecule has 2 heterocycles. The molecule has 0 saturated heterocycles. The second-order valence-electron chi connectivity index (χ2n) is 3.57. The van der Waals surface area contributed by atoms with Gasteiger partial charge >= 0.3 is 11.7 Å². The molecule has 1 N–H and O–H groups in total. The second kappa shape index (κ2) is 4.58. The van der Waals surface area contributed by atoms with Gasteiger partial charge in [-0.2, -0.15) is 0 Å². The average molecular weight is 252 g/mol. The molecule has 0 aliphatic heterocycles.